The first-order chi connectivity index (χ1) is 7.15. The second kappa shape index (κ2) is 5.72. The van der Waals surface area contributed by atoms with E-state index in [1.807, 2.05) is 0 Å². The topological polar surface area (TPSA) is 35.2 Å². The van der Waals surface area contributed by atoms with Gasteiger partial charge in [-0.3, -0.25) is 0 Å². The molecule has 84 valence electrons. The Morgan fingerprint density at radius 1 is 1.07 bits per heavy atom. The zero-order valence-electron chi connectivity index (χ0n) is 8.10. The summed E-state index contributed by atoms with van der Waals surface area (Å²) in [6.07, 6.45) is 0.0674. The third kappa shape index (κ3) is 3.53. The molecule has 0 aliphatic carbocycles. The van der Waals surface area contributed by atoms with Gasteiger partial charge in [-0.15, -0.1) is 0 Å². The summed E-state index contributed by atoms with van der Waals surface area (Å²) in [5.74, 6) is -2.69. The molecule has 0 aliphatic heterocycles. The third-order valence-electron chi connectivity index (χ3n) is 1.86. The molecule has 0 atom stereocenters. The second-order valence-corrected chi connectivity index (χ2v) is 3.00. The largest absolute Gasteiger partial charge is 0.380 e. The minimum absolute atomic E-state index is 0.0674. The Morgan fingerprint density at radius 2 is 1.67 bits per heavy atom. The molecule has 0 fully saturated rings. The second-order valence-electron chi connectivity index (χ2n) is 3.00. The van der Waals surface area contributed by atoms with Crippen molar-refractivity contribution in [2.24, 2.45) is 5.73 Å². The van der Waals surface area contributed by atoms with Gasteiger partial charge < -0.3 is 10.5 Å². The highest BCUT2D eigenvalue weighted by molar-refractivity contribution is 5.20. The minimum atomic E-state index is -0.920. The van der Waals surface area contributed by atoms with Crippen LogP contribution in [0.3, 0.4) is 0 Å². The lowest BCUT2D eigenvalue weighted by atomic mass is 10.1. The fourth-order valence-corrected chi connectivity index (χ4v) is 1.17. The van der Waals surface area contributed by atoms with Gasteiger partial charge in [0.1, 0.15) is 17.5 Å². The van der Waals surface area contributed by atoms with Crippen LogP contribution in [0.15, 0.2) is 12.1 Å². The Hall–Kier alpha value is -1.07. The quantitative estimate of drug-likeness (QED) is 0.764. The maximum atomic E-state index is 13.1. The first-order valence-corrected chi connectivity index (χ1v) is 4.56. The van der Waals surface area contributed by atoms with Crippen molar-refractivity contribution >= 4 is 0 Å². The Kier molecular flexibility index (Phi) is 4.58. The van der Waals surface area contributed by atoms with Gasteiger partial charge >= 0.3 is 0 Å². The zero-order chi connectivity index (χ0) is 11.3. The van der Waals surface area contributed by atoms with Crippen LogP contribution in [0.2, 0.25) is 0 Å². The lowest BCUT2D eigenvalue weighted by molar-refractivity contribution is 0.143. The summed E-state index contributed by atoms with van der Waals surface area (Å²) >= 11 is 0. The molecule has 0 spiro atoms. The molecule has 0 unspecified atom stereocenters. The van der Waals surface area contributed by atoms with E-state index in [0.717, 1.165) is 0 Å². The van der Waals surface area contributed by atoms with Crippen LogP contribution in [0.5, 0.6) is 0 Å². The van der Waals surface area contributed by atoms with Gasteiger partial charge in [-0.05, 0) is 0 Å². The number of benzene rings is 1. The Balaban J connectivity index is 2.60. The zero-order valence-corrected chi connectivity index (χ0v) is 8.10. The Labute approximate surface area is 85.8 Å². The summed E-state index contributed by atoms with van der Waals surface area (Å²) in [6.45, 7) is 0.857. The van der Waals surface area contributed by atoms with E-state index in [0.29, 0.717) is 25.3 Å². The van der Waals surface area contributed by atoms with Gasteiger partial charge in [-0.1, -0.05) is 0 Å². The summed E-state index contributed by atoms with van der Waals surface area (Å²) < 4.78 is 43.6. The average molecular weight is 219 g/mol. The molecule has 15 heavy (non-hydrogen) atoms. The molecule has 1 aromatic carbocycles. The molecule has 2 nitrogen and oxygen atoms in total. The van der Waals surface area contributed by atoms with E-state index in [9.17, 15) is 13.2 Å². The number of rotatable bonds is 5. The van der Waals surface area contributed by atoms with E-state index < -0.39 is 17.5 Å². The predicted octanol–water partition coefficient (Wildman–Crippen LogP) is 1.62. The van der Waals surface area contributed by atoms with E-state index in [-0.39, 0.29) is 18.6 Å². The van der Waals surface area contributed by atoms with Crippen LogP contribution in [-0.4, -0.2) is 19.8 Å². The average Bonchev–Trinajstić information content (AvgIpc) is 2.15. The molecular formula is C10H12F3NO. The lowest BCUT2D eigenvalue weighted by Gasteiger charge is -2.05. The number of hydrogen-bond acceptors (Lipinski definition) is 2. The molecule has 5 heteroatoms. The van der Waals surface area contributed by atoms with Gasteiger partial charge in [-0.2, -0.15) is 0 Å². The fourth-order valence-electron chi connectivity index (χ4n) is 1.17. The normalized spacial score (nSPS) is 10.7. The standard InChI is InChI=1S/C10H12F3NO/c11-7-5-9(12)8(10(13)6-7)1-3-15-4-2-14/h5-6H,1-4,14H2. The number of ether oxygens (including phenoxy) is 1. The predicted molar refractivity (Wildman–Crippen MR) is 49.9 cm³/mol. The van der Waals surface area contributed by atoms with Crippen LogP contribution in [0.1, 0.15) is 5.56 Å². The van der Waals surface area contributed by atoms with E-state index >= 15 is 0 Å². The van der Waals surface area contributed by atoms with Crippen LogP contribution in [0.4, 0.5) is 13.2 Å². The monoisotopic (exact) mass is 219 g/mol. The highest BCUT2D eigenvalue weighted by Crippen LogP contribution is 2.15. The lowest BCUT2D eigenvalue weighted by Crippen LogP contribution is -2.11. The summed E-state index contributed by atoms with van der Waals surface area (Å²) in [5, 5.41) is 0. The van der Waals surface area contributed by atoms with Crippen molar-refractivity contribution < 1.29 is 17.9 Å². The molecule has 0 radical (unpaired) electrons. The van der Waals surface area contributed by atoms with E-state index in [1.165, 1.54) is 0 Å². The van der Waals surface area contributed by atoms with E-state index in [4.69, 9.17) is 10.5 Å². The highest BCUT2D eigenvalue weighted by atomic mass is 19.1. The molecule has 0 saturated heterocycles. The van der Waals surface area contributed by atoms with Crippen molar-refractivity contribution in [3.63, 3.8) is 0 Å². The molecule has 1 rings (SSSR count). The van der Waals surface area contributed by atoms with Gasteiger partial charge in [0.2, 0.25) is 0 Å². The fraction of sp³-hybridized carbons (Fsp3) is 0.400. The van der Waals surface area contributed by atoms with Crippen LogP contribution in [0.25, 0.3) is 0 Å². The van der Waals surface area contributed by atoms with Gasteiger partial charge in [-0.25, -0.2) is 13.2 Å². The third-order valence-corrected chi connectivity index (χ3v) is 1.86. The van der Waals surface area contributed by atoms with Crippen molar-refractivity contribution in [2.45, 2.75) is 6.42 Å². The Bertz CT molecular complexity index is 307. The molecule has 0 aromatic heterocycles. The van der Waals surface area contributed by atoms with Gasteiger partial charge in [0.05, 0.1) is 13.2 Å². The maximum absolute atomic E-state index is 13.1. The SMILES string of the molecule is NCCOCCc1c(F)cc(F)cc1F. The summed E-state index contributed by atoms with van der Waals surface area (Å²) in [7, 11) is 0. The van der Waals surface area contributed by atoms with Crippen LogP contribution in [0, 0.1) is 17.5 Å². The van der Waals surface area contributed by atoms with Crippen molar-refractivity contribution in [2.75, 3.05) is 19.8 Å². The highest BCUT2D eigenvalue weighted by Gasteiger charge is 2.10. The maximum Gasteiger partial charge on any atom is 0.132 e. The smallest absolute Gasteiger partial charge is 0.132 e. The molecule has 0 saturated carbocycles. The Morgan fingerprint density at radius 3 is 2.20 bits per heavy atom. The molecule has 0 bridgehead atoms. The minimum Gasteiger partial charge on any atom is -0.380 e. The number of halogens is 3. The molecule has 1 aromatic rings. The van der Waals surface area contributed by atoms with Crippen molar-refractivity contribution in [3.05, 3.63) is 35.1 Å². The summed E-state index contributed by atoms with van der Waals surface area (Å²) in [5.41, 5.74) is 5.01. The van der Waals surface area contributed by atoms with Crippen molar-refractivity contribution in [3.8, 4) is 0 Å². The van der Waals surface area contributed by atoms with E-state index in [2.05, 4.69) is 0 Å². The summed E-state index contributed by atoms with van der Waals surface area (Å²) in [4.78, 5) is 0. The van der Waals surface area contributed by atoms with Gasteiger partial charge in [0.25, 0.3) is 0 Å². The number of nitrogens with two attached hydrogens (primary N) is 1. The van der Waals surface area contributed by atoms with Crippen LogP contribution < -0.4 is 5.73 Å². The molecule has 0 aliphatic rings. The first-order valence-electron chi connectivity index (χ1n) is 4.56. The summed E-state index contributed by atoms with van der Waals surface area (Å²) in [6, 6.07) is 1.31. The van der Waals surface area contributed by atoms with Gasteiger partial charge in [0, 0.05) is 30.7 Å². The van der Waals surface area contributed by atoms with Crippen molar-refractivity contribution in [1.29, 1.82) is 0 Å². The van der Waals surface area contributed by atoms with Crippen molar-refractivity contribution in [1.82, 2.24) is 0 Å². The molecule has 0 amide bonds. The van der Waals surface area contributed by atoms with E-state index in [1.54, 1.807) is 0 Å². The molecule has 0 heterocycles. The van der Waals surface area contributed by atoms with Gasteiger partial charge in [0.15, 0.2) is 0 Å². The van der Waals surface area contributed by atoms with Crippen LogP contribution in [-0.2, 0) is 11.2 Å². The molecular weight excluding hydrogens is 207 g/mol. The number of hydrogen-bond donors (Lipinski definition) is 1. The van der Waals surface area contributed by atoms with Crippen LogP contribution >= 0.6 is 0 Å². The first kappa shape index (κ1) is 12.0. The molecule has 2 N–H and O–H groups in total.